The first-order chi connectivity index (χ1) is 11.7. The molecule has 0 spiro atoms. The van der Waals surface area contributed by atoms with Crippen molar-refractivity contribution >= 4 is 5.91 Å². The molecule has 2 aromatic carbocycles. The first-order valence-electron chi connectivity index (χ1n) is 8.79. The van der Waals surface area contributed by atoms with Crippen molar-refractivity contribution in [2.24, 2.45) is 0 Å². The van der Waals surface area contributed by atoms with E-state index in [0.717, 1.165) is 44.1 Å². The van der Waals surface area contributed by atoms with E-state index in [1.807, 2.05) is 24.3 Å². The number of carbonyl (C=O) groups is 1. The Hall–Kier alpha value is -2.16. The Balaban J connectivity index is 1.61. The molecule has 0 radical (unpaired) electrons. The largest absolute Gasteiger partial charge is 0.355 e. The molecule has 24 heavy (non-hydrogen) atoms. The summed E-state index contributed by atoms with van der Waals surface area (Å²) in [7, 11) is 0. The summed E-state index contributed by atoms with van der Waals surface area (Å²) >= 11 is 0. The topological polar surface area (TPSA) is 29.1 Å². The maximum atomic E-state index is 13.6. The van der Waals surface area contributed by atoms with Gasteiger partial charge in [0.1, 0.15) is 5.82 Å². The molecular weight excluding hydrogens is 301 g/mol. The van der Waals surface area contributed by atoms with Crippen LogP contribution in [0.1, 0.15) is 43.2 Å². The van der Waals surface area contributed by atoms with Crippen LogP contribution in [-0.4, -0.2) is 12.5 Å². The standard InChI is InChI=1S/C21H24FNO/c22-19-12-6-11-18(16-19)21(13-4-5-14-21)20(24)23-15-7-10-17-8-2-1-3-9-17/h1-3,6,8-9,11-12,16H,4-5,7,10,13-15H2,(H,23,24). The van der Waals surface area contributed by atoms with Crippen molar-refractivity contribution < 1.29 is 9.18 Å². The predicted molar refractivity (Wildman–Crippen MR) is 94.3 cm³/mol. The molecule has 3 heteroatoms. The summed E-state index contributed by atoms with van der Waals surface area (Å²) in [4.78, 5) is 12.9. The third-order valence-electron chi connectivity index (χ3n) is 5.04. The Morgan fingerprint density at radius 2 is 1.79 bits per heavy atom. The fraction of sp³-hybridized carbons (Fsp3) is 0.381. The molecule has 0 heterocycles. The molecule has 1 aliphatic rings. The minimum atomic E-state index is -0.547. The summed E-state index contributed by atoms with van der Waals surface area (Å²) in [5.74, 6) is -0.214. The number of nitrogens with one attached hydrogen (secondary N) is 1. The van der Waals surface area contributed by atoms with E-state index in [1.165, 1.54) is 17.7 Å². The van der Waals surface area contributed by atoms with E-state index < -0.39 is 5.41 Å². The quantitative estimate of drug-likeness (QED) is 0.784. The number of rotatable bonds is 6. The summed E-state index contributed by atoms with van der Waals surface area (Å²) in [6.07, 6.45) is 5.52. The van der Waals surface area contributed by atoms with Gasteiger partial charge < -0.3 is 5.32 Å². The lowest BCUT2D eigenvalue weighted by Gasteiger charge is -2.28. The Morgan fingerprint density at radius 3 is 2.50 bits per heavy atom. The van der Waals surface area contributed by atoms with Crippen molar-refractivity contribution in [3.8, 4) is 0 Å². The van der Waals surface area contributed by atoms with Gasteiger partial charge in [-0.05, 0) is 48.9 Å². The lowest BCUT2D eigenvalue weighted by molar-refractivity contribution is -0.126. The van der Waals surface area contributed by atoms with E-state index in [4.69, 9.17) is 0 Å². The Bertz CT molecular complexity index is 677. The number of hydrogen-bond donors (Lipinski definition) is 1. The monoisotopic (exact) mass is 325 g/mol. The van der Waals surface area contributed by atoms with Crippen LogP contribution in [0.5, 0.6) is 0 Å². The van der Waals surface area contributed by atoms with Crippen LogP contribution in [-0.2, 0) is 16.6 Å². The van der Waals surface area contributed by atoms with E-state index in [9.17, 15) is 9.18 Å². The van der Waals surface area contributed by atoms with Crippen LogP contribution in [0.4, 0.5) is 4.39 Å². The third kappa shape index (κ3) is 3.66. The van der Waals surface area contributed by atoms with Gasteiger partial charge in [0.25, 0.3) is 0 Å². The number of benzene rings is 2. The fourth-order valence-electron chi connectivity index (χ4n) is 3.72. The van der Waals surface area contributed by atoms with Gasteiger partial charge in [-0.1, -0.05) is 55.3 Å². The molecule has 1 saturated carbocycles. The number of hydrogen-bond acceptors (Lipinski definition) is 1. The van der Waals surface area contributed by atoms with E-state index in [1.54, 1.807) is 6.07 Å². The van der Waals surface area contributed by atoms with Crippen molar-refractivity contribution in [1.82, 2.24) is 5.32 Å². The average molecular weight is 325 g/mol. The molecule has 1 amide bonds. The molecule has 0 atom stereocenters. The molecular formula is C21H24FNO. The predicted octanol–water partition coefficient (Wildman–Crippen LogP) is 4.39. The molecule has 0 aromatic heterocycles. The highest BCUT2D eigenvalue weighted by Gasteiger charge is 2.42. The first kappa shape index (κ1) is 16.7. The van der Waals surface area contributed by atoms with Crippen LogP contribution in [0.2, 0.25) is 0 Å². The van der Waals surface area contributed by atoms with Crippen molar-refractivity contribution in [1.29, 1.82) is 0 Å². The Labute approximate surface area is 143 Å². The van der Waals surface area contributed by atoms with Gasteiger partial charge in [0, 0.05) is 6.54 Å². The molecule has 1 aliphatic carbocycles. The molecule has 0 bridgehead atoms. The second-order valence-electron chi connectivity index (χ2n) is 6.64. The lowest BCUT2D eigenvalue weighted by atomic mass is 9.78. The zero-order valence-corrected chi connectivity index (χ0v) is 13.9. The summed E-state index contributed by atoms with van der Waals surface area (Å²) in [5.41, 5.74) is 1.56. The molecule has 0 saturated heterocycles. The highest BCUT2D eigenvalue weighted by Crippen LogP contribution is 2.41. The van der Waals surface area contributed by atoms with Crippen LogP contribution < -0.4 is 5.32 Å². The highest BCUT2D eigenvalue weighted by molar-refractivity contribution is 5.88. The van der Waals surface area contributed by atoms with Crippen molar-refractivity contribution in [3.63, 3.8) is 0 Å². The number of halogens is 1. The third-order valence-corrected chi connectivity index (χ3v) is 5.04. The summed E-state index contributed by atoms with van der Waals surface area (Å²) in [6, 6.07) is 16.8. The SMILES string of the molecule is O=C(NCCCc1ccccc1)C1(c2cccc(F)c2)CCCC1. The molecule has 3 rings (SSSR count). The molecule has 126 valence electrons. The highest BCUT2D eigenvalue weighted by atomic mass is 19.1. The number of aryl methyl sites for hydroxylation is 1. The van der Waals surface area contributed by atoms with Gasteiger partial charge >= 0.3 is 0 Å². The van der Waals surface area contributed by atoms with Crippen LogP contribution in [0, 0.1) is 5.82 Å². The summed E-state index contributed by atoms with van der Waals surface area (Å²) in [6.45, 7) is 0.658. The first-order valence-corrected chi connectivity index (χ1v) is 8.79. The second-order valence-corrected chi connectivity index (χ2v) is 6.64. The van der Waals surface area contributed by atoms with E-state index in [2.05, 4.69) is 17.4 Å². The van der Waals surface area contributed by atoms with Crippen LogP contribution >= 0.6 is 0 Å². The average Bonchev–Trinajstić information content (AvgIpc) is 3.11. The maximum absolute atomic E-state index is 13.6. The van der Waals surface area contributed by atoms with Gasteiger partial charge in [-0.3, -0.25) is 4.79 Å². The maximum Gasteiger partial charge on any atom is 0.230 e. The van der Waals surface area contributed by atoms with E-state index in [0.29, 0.717) is 6.54 Å². The van der Waals surface area contributed by atoms with Crippen molar-refractivity contribution in [2.45, 2.75) is 43.9 Å². The van der Waals surface area contributed by atoms with Crippen LogP contribution in [0.3, 0.4) is 0 Å². The number of carbonyl (C=O) groups excluding carboxylic acids is 1. The van der Waals surface area contributed by atoms with Crippen molar-refractivity contribution in [3.05, 3.63) is 71.5 Å². The van der Waals surface area contributed by atoms with Gasteiger partial charge in [-0.2, -0.15) is 0 Å². The van der Waals surface area contributed by atoms with Gasteiger partial charge in [0.2, 0.25) is 5.91 Å². The lowest BCUT2D eigenvalue weighted by Crippen LogP contribution is -2.43. The van der Waals surface area contributed by atoms with Gasteiger partial charge in [0.15, 0.2) is 0 Å². The molecule has 2 nitrogen and oxygen atoms in total. The zero-order chi connectivity index (χ0) is 16.8. The summed E-state index contributed by atoms with van der Waals surface area (Å²) in [5, 5.41) is 3.09. The van der Waals surface area contributed by atoms with Gasteiger partial charge in [-0.15, -0.1) is 0 Å². The molecule has 0 unspecified atom stereocenters. The minimum absolute atomic E-state index is 0.0543. The molecule has 0 aliphatic heterocycles. The zero-order valence-electron chi connectivity index (χ0n) is 13.9. The summed E-state index contributed by atoms with van der Waals surface area (Å²) < 4.78 is 13.6. The van der Waals surface area contributed by atoms with E-state index in [-0.39, 0.29) is 11.7 Å². The Morgan fingerprint density at radius 1 is 1.04 bits per heavy atom. The van der Waals surface area contributed by atoms with Crippen molar-refractivity contribution in [2.75, 3.05) is 6.54 Å². The van der Waals surface area contributed by atoms with Crippen LogP contribution in [0.25, 0.3) is 0 Å². The molecule has 2 aromatic rings. The van der Waals surface area contributed by atoms with Gasteiger partial charge in [0.05, 0.1) is 5.41 Å². The Kier molecular flexibility index (Phi) is 5.29. The minimum Gasteiger partial charge on any atom is -0.355 e. The second kappa shape index (κ2) is 7.61. The van der Waals surface area contributed by atoms with Crippen LogP contribution in [0.15, 0.2) is 54.6 Å². The smallest absolute Gasteiger partial charge is 0.230 e. The van der Waals surface area contributed by atoms with E-state index >= 15 is 0 Å². The molecule has 1 fully saturated rings. The van der Waals surface area contributed by atoms with Gasteiger partial charge in [-0.25, -0.2) is 4.39 Å². The molecule has 1 N–H and O–H groups in total. The normalized spacial score (nSPS) is 16.0. The number of amides is 1. The fourth-order valence-corrected chi connectivity index (χ4v) is 3.72.